The van der Waals surface area contributed by atoms with Gasteiger partial charge in [-0.05, 0) is 80.9 Å². The second kappa shape index (κ2) is 10.2. The molecule has 0 unspecified atom stereocenters. The summed E-state index contributed by atoms with van der Waals surface area (Å²) >= 11 is 0. The summed E-state index contributed by atoms with van der Waals surface area (Å²) in [5.74, 6) is 1.17. The standard InChI is InChI=1S/C26H27N5O4S/c1-5-31-18(3)27-24-16-20(8-15-25(24)31)26(32)29-28-17(2)19-6-13-23(14-7-19)36(33,34)30-21-9-11-22(35-4)12-10-21/h6-16,30H,5H2,1-4H3,(H,29,32). The Bertz CT molecular complexity index is 1540. The Morgan fingerprint density at radius 1 is 1.03 bits per heavy atom. The van der Waals surface area contributed by atoms with Gasteiger partial charge in [0.1, 0.15) is 11.6 Å². The fourth-order valence-electron chi connectivity index (χ4n) is 3.80. The average Bonchev–Trinajstić information content (AvgIpc) is 3.21. The van der Waals surface area contributed by atoms with Crippen LogP contribution in [0.2, 0.25) is 0 Å². The van der Waals surface area contributed by atoms with Gasteiger partial charge in [0.15, 0.2) is 0 Å². The Morgan fingerprint density at radius 2 is 1.69 bits per heavy atom. The van der Waals surface area contributed by atoms with Crippen LogP contribution in [0.25, 0.3) is 11.0 Å². The first-order valence-electron chi connectivity index (χ1n) is 11.3. The lowest BCUT2D eigenvalue weighted by atomic mass is 10.1. The quantitative estimate of drug-likeness (QED) is 0.273. The lowest BCUT2D eigenvalue weighted by Crippen LogP contribution is -2.19. The number of hydrogen-bond donors (Lipinski definition) is 2. The maximum Gasteiger partial charge on any atom is 0.271 e. The number of sulfonamides is 1. The van der Waals surface area contributed by atoms with Crippen molar-refractivity contribution in [3.05, 3.63) is 83.7 Å². The van der Waals surface area contributed by atoms with Crippen LogP contribution in [-0.4, -0.2) is 36.7 Å². The van der Waals surface area contributed by atoms with Gasteiger partial charge in [0.05, 0.1) is 28.8 Å². The number of carbonyl (C=O) groups excluding carboxylic acids is 1. The molecule has 0 aliphatic carbocycles. The summed E-state index contributed by atoms with van der Waals surface area (Å²) in [6.07, 6.45) is 0. The van der Waals surface area contributed by atoms with Crippen LogP contribution in [0.4, 0.5) is 5.69 Å². The molecule has 36 heavy (non-hydrogen) atoms. The molecule has 0 atom stereocenters. The molecule has 0 radical (unpaired) electrons. The predicted octanol–water partition coefficient (Wildman–Crippen LogP) is 4.33. The molecule has 1 heterocycles. The zero-order chi connectivity index (χ0) is 25.9. The Hall–Kier alpha value is -4.18. The number of amides is 1. The van der Waals surface area contributed by atoms with Crippen molar-refractivity contribution in [3.63, 3.8) is 0 Å². The van der Waals surface area contributed by atoms with Crippen molar-refractivity contribution in [2.75, 3.05) is 11.8 Å². The number of anilines is 1. The Labute approximate surface area is 209 Å². The smallest absolute Gasteiger partial charge is 0.271 e. The van der Waals surface area contributed by atoms with Gasteiger partial charge in [-0.15, -0.1) is 0 Å². The molecule has 0 aliphatic rings. The van der Waals surface area contributed by atoms with Crippen molar-refractivity contribution < 1.29 is 17.9 Å². The number of hydrazone groups is 1. The van der Waals surface area contributed by atoms with Crippen molar-refractivity contribution in [3.8, 4) is 5.75 Å². The number of methoxy groups -OCH3 is 1. The average molecular weight is 506 g/mol. The van der Waals surface area contributed by atoms with Gasteiger partial charge in [-0.3, -0.25) is 9.52 Å². The zero-order valence-electron chi connectivity index (χ0n) is 20.4. The third-order valence-electron chi connectivity index (χ3n) is 5.77. The molecule has 0 saturated carbocycles. The van der Waals surface area contributed by atoms with Crippen LogP contribution in [0.3, 0.4) is 0 Å². The molecule has 1 aromatic heterocycles. The fraction of sp³-hybridized carbons (Fsp3) is 0.192. The molecule has 0 saturated heterocycles. The van der Waals surface area contributed by atoms with Crippen molar-refractivity contribution >= 4 is 38.4 Å². The SMILES string of the molecule is CCn1c(C)nc2cc(C(=O)NN=C(C)c3ccc(S(=O)(=O)Nc4ccc(OC)cc4)cc3)ccc21. The van der Waals surface area contributed by atoms with Crippen molar-refractivity contribution in [1.82, 2.24) is 15.0 Å². The highest BCUT2D eigenvalue weighted by Crippen LogP contribution is 2.20. The number of ether oxygens (including phenoxy) is 1. The van der Waals surface area contributed by atoms with E-state index in [1.165, 1.54) is 12.1 Å². The molecule has 4 aromatic rings. The number of rotatable bonds is 8. The number of aryl methyl sites for hydroxylation is 2. The van der Waals surface area contributed by atoms with Crippen molar-refractivity contribution in [2.24, 2.45) is 5.10 Å². The van der Waals surface area contributed by atoms with E-state index in [1.54, 1.807) is 62.6 Å². The van der Waals surface area contributed by atoms with Gasteiger partial charge in [-0.25, -0.2) is 18.8 Å². The normalized spacial score (nSPS) is 11.9. The highest BCUT2D eigenvalue weighted by molar-refractivity contribution is 7.92. The Balaban J connectivity index is 1.44. The first kappa shape index (κ1) is 24.9. The summed E-state index contributed by atoms with van der Waals surface area (Å²) in [6.45, 7) is 6.51. The van der Waals surface area contributed by atoms with Crippen LogP contribution in [-0.2, 0) is 16.6 Å². The number of benzene rings is 3. The summed E-state index contributed by atoms with van der Waals surface area (Å²) in [5, 5.41) is 4.18. The van der Waals surface area contributed by atoms with Crippen molar-refractivity contribution in [2.45, 2.75) is 32.2 Å². The maximum absolute atomic E-state index is 12.7. The van der Waals surface area contributed by atoms with E-state index in [0.717, 1.165) is 23.4 Å². The van der Waals surface area contributed by atoms with Gasteiger partial charge < -0.3 is 9.30 Å². The molecule has 0 bridgehead atoms. The minimum atomic E-state index is -3.77. The lowest BCUT2D eigenvalue weighted by molar-refractivity contribution is 0.0955. The number of hydrogen-bond acceptors (Lipinski definition) is 6. The molecule has 9 nitrogen and oxygen atoms in total. The van der Waals surface area contributed by atoms with Crippen LogP contribution in [0.1, 0.15) is 35.6 Å². The van der Waals surface area contributed by atoms with E-state index in [0.29, 0.717) is 28.3 Å². The summed E-state index contributed by atoms with van der Waals surface area (Å²) in [7, 11) is -2.22. The number of nitrogens with zero attached hydrogens (tertiary/aromatic N) is 3. The van der Waals surface area contributed by atoms with E-state index >= 15 is 0 Å². The predicted molar refractivity (Wildman–Crippen MR) is 140 cm³/mol. The first-order chi connectivity index (χ1) is 17.2. The number of carbonyl (C=O) groups is 1. The molecule has 0 fully saturated rings. The van der Waals surface area contributed by atoms with Gasteiger partial charge in [-0.2, -0.15) is 5.10 Å². The van der Waals surface area contributed by atoms with Crippen LogP contribution in [0.15, 0.2) is 76.7 Å². The molecule has 186 valence electrons. The maximum atomic E-state index is 12.7. The summed E-state index contributed by atoms with van der Waals surface area (Å²) in [6, 6.07) is 18.2. The minimum Gasteiger partial charge on any atom is -0.497 e. The molecule has 0 aliphatic heterocycles. The highest BCUT2D eigenvalue weighted by Gasteiger charge is 2.15. The number of fused-ring (bicyclic) bond motifs is 1. The molecule has 3 aromatic carbocycles. The van der Waals surface area contributed by atoms with Gasteiger partial charge in [-0.1, -0.05) is 12.1 Å². The fourth-order valence-corrected chi connectivity index (χ4v) is 4.86. The lowest BCUT2D eigenvalue weighted by Gasteiger charge is -2.09. The third-order valence-corrected chi connectivity index (χ3v) is 7.16. The van der Waals surface area contributed by atoms with Gasteiger partial charge >= 0.3 is 0 Å². The minimum absolute atomic E-state index is 0.106. The molecular formula is C26H27N5O4S. The third kappa shape index (κ3) is 5.23. The van der Waals surface area contributed by atoms with Gasteiger partial charge in [0.25, 0.3) is 15.9 Å². The van der Waals surface area contributed by atoms with Crippen molar-refractivity contribution in [1.29, 1.82) is 0 Å². The van der Waals surface area contributed by atoms with Crippen LogP contribution < -0.4 is 14.9 Å². The van der Waals surface area contributed by atoms with Crippen LogP contribution in [0, 0.1) is 6.92 Å². The second-order valence-electron chi connectivity index (χ2n) is 8.10. The van der Waals surface area contributed by atoms with E-state index in [9.17, 15) is 13.2 Å². The van der Waals surface area contributed by atoms with Gasteiger partial charge in [0, 0.05) is 17.8 Å². The summed E-state index contributed by atoms with van der Waals surface area (Å²) in [5.41, 5.74) is 6.36. The number of imidazole rings is 1. The van der Waals surface area contributed by atoms with E-state index in [1.807, 2.05) is 19.9 Å². The summed E-state index contributed by atoms with van der Waals surface area (Å²) in [4.78, 5) is 17.3. The van der Waals surface area contributed by atoms with E-state index in [2.05, 4.69) is 24.8 Å². The van der Waals surface area contributed by atoms with Crippen LogP contribution in [0.5, 0.6) is 5.75 Å². The second-order valence-corrected chi connectivity index (χ2v) is 9.79. The number of nitrogens with one attached hydrogen (secondary N) is 2. The molecule has 10 heteroatoms. The molecular weight excluding hydrogens is 478 g/mol. The van der Waals surface area contributed by atoms with E-state index < -0.39 is 10.0 Å². The van der Waals surface area contributed by atoms with E-state index in [4.69, 9.17) is 4.74 Å². The molecule has 1 amide bonds. The monoisotopic (exact) mass is 505 g/mol. The Morgan fingerprint density at radius 3 is 2.33 bits per heavy atom. The topological polar surface area (TPSA) is 115 Å². The summed E-state index contributed by atoms with van der Waals surface area (Å²) < 4.78 is 35.1. The van der Waals surface area contributed by atoms with Crippen LogP contribution >= 0.6 is 0 Å². The number of aromatic nitrogens is 2. The van der Waals surface area contributed by atoms with E-state index in [-0.39, 0.29) is 10.8 Å². The zero-order valence-corrected chi connectivity index (χ0v) is 21.3. The largest absolute Gasteiger partial charge is 0.497 e. The first-order valence-corrected chi connectivity index (χ1v) is 12.8. The Kier molecular flexibility index (Phi) is 7.07. The molecule has 2 N–H and O–H groups in total. The molecule has 0 spiro atoms. The van der Waals surface area contributed by atoms with Gasteiger partial charge in [0.2, 0.25) is 0 Å². The molecule has 4 rings (SSSR count). The highest BCUT2D eigenvalue weighted by atomic mass is 32.2.